The molecule has 3 aromatic rings. The Kier molecular flexibility index (Phi) is 3.98. The van der Waals surface area contributed by atoms with Gasteiger partial charge in [0.2, 0.25) is 5.13 Å². The molecule has 110 valence electrons. The fourth-order valence-corrected chi connectivity index (χ4v) is 2.49. The number of aromatic nitrogens is 4. The second-order valence-corrected chi connectivity index (χ2v) is 5.04. The first kappa shape index (κ1) is 14.0. The van der Waals surface area contributed by atoms with E-state index in [4.69, 9.17) is 14.7 Å². The van der Waals surface area contributed by atoms with E-state index in [1.165, 1.54) is 16.0 Å². The van der Waals surface area contributed by atoms with Crippen molar-refractivity contribution >= 4 is 11.3 Å². The molecule has 0 N–H and O–H groups in total. The number of nitrogens with zero attached hydrogens (tertiary/aromatic N) is 5. The van der Waals surface area contributed by atoms with Gasteiger partial charge in [0.25, 0.3) is 0 Å². The van der Waals surface area contributed by atoms with E-state index in [0.717, 1.165) is 0 Å². The molecule has 0 aliphatic rings. The molecular formula is C14H11N5O2S. The second-order valence-electron chi connectivity index (χ2n) is 4.16. The lowest BCUT2D eigenvalue weighted by atomic mass is 10.3. The molecular weight excluding hydrogens is 302 g/mol. The van der Waals surface area contributed by atoms with Crippen LogP contribution in [-0.4, -0.2) is 27.1 Å². The van der Waals surface area contributed by atoms with Gasteiger partial charge in [0, 0.05) is 11.6 Å². The van der Waals surface area contributed by atoms with Crippen molar-refractivity contribution in [2.24, 2.45) is 0 Å². The van der Waals surface area contributed by atoms with Crippen LogP contribution in [0.1, 0.15) is 11.4 Å². The van der Waals surface area contributed by atoms with E-state index in [1.54, 1.807) is 25.4 Å². The van der Waals surface area contributed by atoms with E-state index < -0.39 is 0 Å². The zero-order valence-electron chi connectivity index (χ0n) is 11.6. The van der Waals surface area contributed by atoms with Crippen LogP contribution in [0.5, 0.6) is 11.5 Å². The fourth-order valence-electron chi connectivity index (χ4n) is 1.88. The molecule has 0 atom stereocenters. The lowest BCUT2D eigenvalue weighted by Gasteiger charge is -2.10. The molecule has 22 heavy (non-hydrogen) atoms. The minimum Gasteiger partial charge on any atom is -0.493 e. The average molecular weight is 313 g/mol. The predicted molar refractivity (Wildman–Crippen MR) is 79.1 cm³/mol. The Balaban J connectivity index is 1.89. The summed E-state index contributed by atoms with van der Waals surface area (Å²) in [6, 6.07) is 9.31. The van der Waals surface area contributed by atoms with E-state index in [9.17, 15) is 0 Å². The summed E-state index contributed by atoms with van der Waals surface area (Å²) < 4.78 is 12.5. The van der Waals surface area contributed by atoms with Gasteiger partial charge in [-0.1, -0.05) is 17.3 Å². The lowest BCUT2D eigenvalue weighted by molar-refractivity contribution is 0.277. The van der Waals surface area contributed by atoms with Gasteiger partial charge < -0.3 is 9.47 Å². The first-order valence-electron chi connectivity index (χ1n) is 6.34. The number of nitriles is 1. The Bertz CT molecular complexity index is 807. The minimum absolute atomic E-state index is 0.135. The second kappa shape index (κ2) is 6.24. The molecule has 0 saturated heterocycles. The molecule has 0 unspecified atom stereocenters. The van der Waals surface area contributed by atoms with Crippen LogP contribution in [-0.2, 0) is 6.61 Å². The number of para-hydroxylation sites is 2. The molecule has 0 saturated carbocycles. The lowest BCUT2D eigenvalue weighted by Crippen LogP contribution is -2.07. The molecule has 0 spiro atoms. The van der Waals surface area contributed by atoms with Crippen LogP contribution in [0.15, 0.2) is 35.8 Å². The molecule has 0 radical (unpaired) electrons. The van der Waals surface area contributed by atoms with Crippen LogP contribution in [0.25, 0.3) is 5.13 Å². The molecule has 8 heteroatoms. The van der Waals surface area contributed by atoms with Crippen molar-refractivity contribution in [2.45, 2.75) is 6.61 Å². The molecule has 0 aliphatic carbocycles. The largest absolute Gasteiger partial charge is 0.493 e. The topological polar surface area (TPSA) is 85.9 Å². The number of ether oxygens (including phenoxy) is 2. The standard InChI is InChI=1S/C14H11N5O2S/c1-20-12-4-2-3-5-13(12)21-9-11-10(8-15)17-18-19(11)14-16-6-7-22-14/h2-7H,9H2,1H3. The van der Waals surface area contributed by atoms with E-state index in [1.807, 2.05) is 23.6 Å². The maximum absolute atomic E-state index is 9.16. The summed E-state index contributed by atoms with van der Waals surface area (Å²) in [5.74, 6) is 1.20. The molecule has 0 bridgehead atoms. The summed E-state index contributed by atoms with van der Waals surface area (Å²) in [6.45, 7) is 0.135. The normalized spacial score (nSPS) is 10.2. The summed E-state index contributed by atoms with van der Waals surface area (Å²) >= 11 is 1.40. The zero-order chi connectivity index (χ0) is 15.4. The quantitative estimate of drug-likeness (QED) is 0.717. The SMILES string of the molecule is COc1ccccc1OCc1c(C#N)nnn1-c1nccs1. The van der Waals surface area contributed by atoms with Gasteiger partial charge in [-0.05, 0) is 12.1 Å². The molecule has 2 heterocycles. The summed E-state index contributed by atoms with van der Waals surface area (Å²) in [4.78, 5) is 4.17. The van der Waals surface area contributed by atoms with Gasteiger partial charge in [0.15, 0.2) is 17.2 Å². The summed E-state index contributed by atoms with van der Waals surface area (Å²) in [5, 5.41) is 19.4. The van der Waals surface area contributed by atoms with Crippen LogP contribution in [0.4, 0.5) is 0 Å². The highest BCUT2D eigenvalue weighted by Gasteiger charge is 2.17. The average Bonchev–Trinajstić information content (AvgIpc) is 3.21. The smallest absolute Gasteiger partial charge is 0.212 e. The number of hydrogen-bond acceptors (Lipinski definition) is 7. The van der Waals surface area contributed by atoms with Gasteiger partial charge >= 0.3 is 0 Å². The summed E-state index contributed by atoms with van der Waals surface area (Å²) in [5.41, 5.74) is 0.758. The molecule has 0 fully saturated rings. The van der Waals surface area contributed by atoms with Crippen molar-refractivity contribution in [3.63, 3.8) is 0 Å². The number of thiazole rings is 1. The van der Waals surface area contributed by atoms with E-state index in [-0.39, 0.29) is 12.3 Å². The van der Waals surface area contributed by atoms with Crippen LogP contribution in [0, 0.1) is 11.3 Å². The highest BCUT2D eigenvalue weighted by Crippen LogP contribution is 2.27. The first-order chi connectivity index (χ1) is 10.8. The Morgan fingerprint density at radius 3 is 2.82 bits per heavy atom. The molecule has 0 aliphatic heterocycles. The van der Waals surface area contributed by atoms with Crippen molar-refractivity contribution in [3.8, 4) is 22.7 Å². The predicted octanol–water partition coefficient (Wildman–Crippen LogP) is 2.18. The van der Waals surface area contributed by atoms with Gasteiger partial charge in [0.1, 0.15) is 18.4 Å². The van der Waals surface area contributed by atoms with Crippen LogP contribution < -0.4 is 9.47 Å². The third-order valence-corrected chi connectivity index (χ3v) is 3.65. The van der Waals surface area contributed by atoms with Crippen molar-refractivity contribution in [1.29, 1.82) is 5.26 Å². The third-order valence-electron chi connectivity index (χ3n) is 2.90. The van der Waals surface area contributed by atoms with Crippen molar-refractivity contribution < 1.29 is 9.47 Å². The van der Waals surface area contributed by atoms with Crippen molar-refractivity contribution in [1.82, 2.24) is 20.0 Å². The first-order valence-corrected chi connectivity index (χ1v) is 7.22. The van der Waals surface area contributed by atoms with E-state index in [2.05, 4.69) is 15.3 Å². The Morgan fingerprint density at radius 1 is 1.32 bits per heavy atom. The Labute approximate surface area is 130 Å². The maximum atomic E-state index is 9.16. The molecule has 2 aromatic heterocycles. The highest BCUT2D eigenvalue weighted by molar-refractivity contribution is 7.12. The fraction of sp³-hybridized carbons (Fsp3) is 0.143. The van der Waals surface area contributed by atoms with Gasteiger partial charge in [-0.25, -0.2) is 4.98 Å². The van der Waals surface area contributed by atoms with Crippen molar-refractivity contribution in [3.05, 3.63) is 47.2 Å². The number of hydrogen-bond donors (Lipinski definition) is 0. The third kappa shape index (κ3) is 2.62. The summed E-state index contributed by atoms with van der Waals surface area (Å²) in [7, 11) is 1.57. The molecule has 7 nitrogen and oxygen atoms in total. The highest BCUT2D eigenvalue weighted by atomic mass is 32.1. The van der Waals surface area contributed by atoms with Crippen LogP contribution in [0.3, 0.4) is 0 Å². The Hall–Kier alpha value is -2.92. The van der Waals surface area contributed by atoms with Gasteiger partial charge in [-0.15, -0.1) is 16.4 Å². The Morgan fingerprint density at radius 2 is 2.14 bits per heavy atom. The number of methoxy groups -OCH3 is 1. The van der Waals surface area contributed by atoms with E-state index in [0.29, 0.717) is 22.3 Å². The summed E-state index contributed by atoms with van der Waals surface area (Å²) in [6.07, 6.45) is 1.67. The monoisotopic (exact) mass is 313 g/mol. The molecule has 3 rings (SSSR count). The number of benzene rings is 1. The van der Waals surface area contributed by atoms with E-state index >= 15 is 0 Å². The van der Waals surface area contributed by atoms with Gasteiger partial charge in [-0.3, -0.25) is 0 Å². The molecule has 1 aromatic carbocycles. The maximum Gasteiger partial charge on any atom is 0.212 e. The van der Waals surface area contributed by atoms with Gasteiger partial charge in [-0.2, -0.15) is 9.94 Å². The molecule has 0 amide bonds. The number of rotatable bonds is 5. The minimum atomic E-state index is 0.135. The van der Waals surface area contributed by atoms with Gasteiger partial charge in [0.05, 0.1) is 7.11 Å². The van der Waals surface area contributed by atoms with Crippen molar-refractivity contribution in [2.75, 3.05) is 7.11 Å². The zero-order valence-corrected chi connectivity index (χ0v) is 12.4. The van der Waals surface area contributed by atoms with Crippen LogP contribution >= 0.6 is 11.3 Å². The van der Waals surface area contributed by atoms with Crippen LogP contribution in [0.2, 0.25) is 0 Å².